The number of hydrogen-bond acceptors (Lipinski definition) is 3. The van der Waals surface area contributed by atoms with Crippen molar-refractivity contribution in [1.29, 1.82) is 0 Å². The van der Waals surface area contributed by atoms with Gasteiger partial charge in [0.15, 0.2) is 0 Å². The maximum atomic E-state index is 12.0. The summed E-state index contributed by atoms with van der Waals surface area (Å²) in [4.78, 5) is 22.7. The van der Waals surface area contributed by atoms with E-state index in [2.05, 4.69) is 5.32 Å². The van der Waals surface area contributed by atoms with Crippen molar-refractivity contribution in [2.45, 2.75) is 6.42 Å². The summed E-state index contributed by atoms with van der Waals surface area (Å²) in [5, 5.41) is 12.0. The first-order valence-corrected chi connectivity index (χ1v) is 8.53. The highest BCUT2D eigenvalue weighted by Gasteiger charge is 2.07. The summed E-state index contributed by atoms with van der Waals surface area (Å²) >= 11 is 6.15. The standard InChI is InChI=1S/C21H16ClNO4/c22-18-4-2-1-3-17(18)19-11-9-16(27-19)10-12-20(24)23-15-7-5-14(6-8-15)13-21(25)26/h1-12H,13H2,(H,23,24)(H,25,26)/b12-10+. The van der Waals surface area contributed by atoms with Crippen molar-refractivity contribution in [3.63, 3.8) is 0 Å². The Kier molecular flexibility index (Phi) is 5.74. The average molecular weight is 382 g/mol. The fourth-order valence-electron chi connectivity index (χ4n) is 2.47. The molecule has 0 saturated heterocycles. The minimum atomic E-state index is -0.899. The highest BCUT2D eigenvalue weighted by molar-refractivity contribution is 6.33. The Balaban J connectivity index is 1.62. The zero-order valence-corrected chi connectivity index (χ0v) is 14.9. The van der Waals surface area contributed by atoms with E-state index in [4.69, 9.17) is 21.1 Å². The van der Waals surface area contributed by atoms with Gasteiger partial charge < -0.3 is 14.8 Å². The number of furan rings is 1. The van der Waals surface area contributed by atoms with Crippen LogP contribution >= 0.6 is 11.6 Å². The second-order valence-corrected chi connectivity index (χ2v) is 6.18. The Morgan fingerprint density at radius 2 is 1.78 bits per heavy atom. The van der Waals surface area contributed by atoms with Crippen LogP contribution in [0.5, 0.6) is 0 Å². The molecular weight excluding hydrogens is 366 g/mol. The number of hydrogen-bond donors (Lipinski definition) is 2. The smallest absolute Gasteiger partial charge is 0.307 e. The summed E-state index contributed by atoms with van der Waals surface area (Å²) in [6.45, 7) is 0. The van der Waals surface area contributed by atoms with Gasteiger partial charge in [-0.25, -0.2) is 0 Å². The second-order valence-electron chi connectivity index (χ2n) is 5.77. The van der Waals surface area contributed by atoms with E-state index in [1.807, 2.05) is 18.2 Å². The Bertz CT molecular complexity index is 989. The van der Waals surface area contributed by atoms with E-state index in [0.717, 1.165) is 5.56 Å². The molecule has 0 aliphatic heterocycles. The quantitative estimate of drug-likeness (QED) is 0.596. The molecule has 3 rings (SSSR count). The maximum absolute atomic E-state index is 12.0. The molecule has 0 bridgehead atoms. The van der Waals surface area contributed by atoms with E-state index in [0.29, 0.717) is 27.8 Å². The Labute approximate surface area is 160 Å². The third kappa shape index (κ3) is 5.09. The molecule has 2 N–H and O–H groups in total. The molecule has 0 radical (unpaired) electrons. The number of nitrogens with one attached hydrogen (secondary N) is 1. The van der Waals surface area contributed by atoms with Gasteiger partial charge in [0.05, 0.1) is 11.4 Å². The number of halogens is 1. The molecule has 2 aromatic carbocycles. The fraction of sp³-hybridized carbons (Fsp3) is 0.0476. The molecule has 3 aromatic rings. The number of carboxylic acids is 1. The zero-order chi connectivity index (χ0) is 19.2. The Morgan fingerprint density at radius 1 is 1.04 bits per heavy atom. The first-order chi connectivity index (χ1) is 13.0. The van der Waals surface area contributed by atoms with Gasteiger partial charge in [0.2, 0.25) is 5.91 Å². The molecule has 1 amide bonds. The molecule has 0 unspecified atom stereocenters. The molecule has 0 spiro atoms. The molecule has 1 heterocycles. The van der Waals surface area contributed by atoms with Crippen LogP contribution in [0.4, 0.5) is 5.69 Å². The van der Waals surface area contributed by atoms with Crippen molar-refractivity contribution in [3.8, 4) is 11.3 Å². The highest BCUT2D eigenvalue weighted by atomic mass is 35.5. The highest BCUT2D eigenvalue weighted by Crippen LogP contribution is 2.29. The van der Waals surface area contributed by atoms with Crippen LogP contribution in [-0.2, 0) is 16.0 Å². The number of carboxylic acid groups (broad SMARTS) is 1. The van der Waals surface area contributed by atoms with Crippen LogP contribution in [0.25, 0.3) is 17.4 Å². The van der Waals surface area contributed by atoms with Crippen LogP contribution in [-0.4, -0.2) is 17.0 Å². The van der Waals surface area contributed by atoms with E-state index in [1.54, 1.807) is 48.5 Å². The summed E-state index contributed by atoms with van der Waals surface area (Å²) < 4.78 is 5.70. The molecular formula is C21H16ClNO4. The van der Waals surface area contributed by atoms with Gasteiger partial charge >= 0.3 is 5.97 Å². The van der Waals surface area contributed by atoms with Gasteiger partial charge in [-0.1, -0.05) is 35.9 Å². The minimum Gasteiger partial charge on any atom is -0.481 e. The van der Waals surface area contributed by atoms with E-state index < -0.39 is 5.97 Å². The lowest BCUT2D eigenvalue weighted by molar-refractivity contribution is -0.136. The largest absolute Gasteiger partial charge is 0.481 e. The van der Waals surface area contributed by atoms with Gasteiger partial charge in [0.25, 0.3) is 0 Å². The van der Waals surface area contributed by atoms with Gasteiger partial charge in [-0.15, -0.1) is 0 Å². The average Bonchev–Trinajstić information content (AvgIpc) is 3.10. The molecule has 1 aromatic heterocycles. The fourth-order valence-corrected chi connectivity index (χ4v) is 2.70. The zero-order valence-electron chi connectivity index (χ0n) is 14.2. The molecule has 0 aliphatic rings. The van der Waals surface area contributed by atoms with Crippen LogP contribution in [0, 0.1) is 0 Å². The van der Waals surface area contributed by atoms with Crippen molar-refractivity contribution in [2.75, 3.05) is 5.32 Å². The number of benzene rings is 2. The minimum absolute atomic E-state index is 0.0552. The molecule has 0 aliphatic carbocycles. The first kappa shape index (κ1) is 18.5. The lowest BCUT2D eigenvalue weighted by Gasteiger charge is -2.03. The Morgan fingerprint density at radius 3 is 2.48 bits per heavy atom. The summed E-state index contributed by atoms with van der Waals surface area (Å²) in [6.07, 6.45) is 2.87. The second kappa shape index (κ2) is 8.38. The number of amides is 1. The SMILES string of the molecule is O=C(O)Cc1ccc(NC(=O)/C=C/c2ccc(-c3ccccc3Cl)o2)cc1. The third-order valence-electron chi connectivity index (χ3n) is 3.74. The van der Waals surface area contributed by atoms with Crippen molar-refractivity contribution in [2.24, 2.45) is 0 Å². The number of anilines is 1. The van der Waals surface area contributed by atoms with Gasteiger partial charge in [-0.3, -0.25) is 9.59 Å². The van der Waals surface area contributed by atoms with Gasteiger partial charge in [0, 0.05) is 17.3 Å². The number of aliphatic carboxylic acids is 1. The van der Waals surface area contributed by atoms with Crippen LogP contribution < -0.4 is 5.32 Å². The van der Waals surface area contributed by atoms with E-state index in [1.165, 1.54) is 6.08 Å². The van der Waals surface area contributed by atoms with Crippen molar-refractivity contribution < 1.29 is 19.1 Å². The van der Waals surface area contributed by atoms with Crippen molar-refractivity contribution >= 4 is 35.2 Å². The van der Waals surface area contributed by atoms with Crippen molar-refractivity contribution in [3.05, 3.63) is 83.1 Å². The van der Waals surface area contributed by atoms with Crippen molar-refractivity contribution in [1.82, 2.24) is 0 Å². The lowest BCUT2D eigenvalue weighted by Crippen LogP contribution is -2.08. The molecule has 5 nitrogen and oxygen atoms in total. The molecule has 27 heavy (non-hydrogen) atoms. The van der Waals surface area contributed by atoms with E-state index in [-0.39, 0.29) is 12.3 Å². The normalized spacial score (nSPS) is 10.9. The third-order valence-corrected chi connectivity index (χ3v) is 4.07. The Hall–Kier alpha value is -3.31. The predicted octanol–water partition coefficient (Wildman–Crippen LogP) is 4.88. The predicted molar refractivity (Wildman–Crippen MR) is 105 cm³/mol. The maximum Gasteiger partial charge on any atom is 0.307 e. The van der Waals surface area contributed by atoms with E-state index >= 15 is 0 Å². The van der Waals surface area contributed by atoms with Crippen LogP contribution in [0.1, 0.15) is 11.3 Å². The van der Waals surface area contributed by atoms with E-state index in [9.17, 15) is 9.59 Å². The first-order valence-electron chi connectivity index (χ1n) is 8.16. The van der Waals surface area contributed by atoms with Crippen LogP contribution in [0.2, 0.25) is 5.02 Å². The van der Waals surface area contributed by atoms with Gasteiger partial charge in [-0.2, -0.15) is 0 Å². The summed E-state index contributed by atoms with van der Waals surface area (Å²) in [5.41, 5.74) is 2.03. The number of rotatable bonds is 6. The van der Waals surface area contributed by atoms with Crippen LogP contribution in [0.15, 0.2) is 71.2 Å². The van der Waals surface area contributed by atoms with Crippen LogP contribution in [0.3, 0.4) is 0 Å². The topological polar surface area (TPSA) is 79.5 Å². The molecule has 0 saturated carbocycles. The summed E-state index contributed by atoms with van der Waals surface area (Å²) in [5.74, 6) is -0.0763. The molecule has 136 valence electrons. The summed E-state index contributed by atoms with van der Waals surface area (Å²) in [7, 11) is 0. The number of carbonyl (C=O) groups is 2. The van der Waals surface area contributed by atoms with Gasteiger partial charge in [0.1, 0.15) is 11.5 Å². The molecule has 0 fully saturated rings. The summed E-state index contributed by atoms with van der Waals surface area (Å²) in [6, 6.07) is 17.5. The monoisotopic (exact) mass is 381 g/mol. The molecule has 6 heteroatoms. The molecule has 0 atom stereocenters. The lowest BCUT2D eigenvalue weighted by atomic mass is 10.1. The number of carbonyl (C=O) groups excluding carboxylic acids is 1. The van der Waals surface area contributed by atoms with Gasteiger partial charge in [-0.05, 0) is 48.0 Å².